The third-order valence-corrected chi connectivity index (χ3v) is 5.83. The van der Waals surface area contributed by atoms with E-state index in [1.54, 1.807) is 24.5 Å². The summed E-state index contributed by atoms with van der Waals surface area (Å²) < 4.78 is 2.06. The van der Waals surface area contributed by atoms with Gasteiger partial charge in [0.05, 0.1) is 6.54 Å². The molecule has 0 atom stereocenters. The van der Waals surface area contributed by atoms with Gasteiger partial charge in [0.15, 0.2) is 0 Å². The van der Waals surface area contributed by atoms with Crippen molar-refractivity contribution >= 4 is 33.3 Å². The Hall–Kier alpha value is -4.04. The maximum absolute atomic E-state index is 12.6. The first kappa shape index (κ1) is 19.0. The highest BCUT2D eigenvalue weighted by Gasteiger charge is 2.14. The highest BCUT2D eigenvalue weighted by Crippen LogP contribution is 2.27. The molecule has 5 aromatic rings. The molecule has 3 heterocycles. The number of hydrogen-bond acceptors (Lipinski definition) is 6. The van der Waals surface area contributed by atoms with Crippen LogP contribution in [0.15, 0.2) is 79.3 Å². The monoisotopic (exact) mass is 427 g/mol. The molecular weight excluding hydrogens is 410 g/mol. The molecular formula is C23H17N5O2S. The van der Waals surface area contributed by atoms with Gasteiger partial charge in [0.2, 0.25) is 5.13 Å². The molecule has 0 unspecified atom stereocenters. The predicted octanol–water partition coefficient (Wildman–Crippen LogP) is 4.56. The number of hydrogen-bond donors (Lipinski definition) is 2. The molecule has 152 valence electrons. The number of nitrogens with one attached hydrogen (secondary N) is 1. The van der Waals surface area contributed by atoms with Crippen LogP contribution in [0.4, 0.5) is 5.13 Å². The van der Waals surface area contributed by atoms with E-state index < -0.39 is 0 Å². The lowest BCUT2D eigenvalue weighted by atomic mass is 10.1. The van der Waals surface area contributed by atoms with Crippen LogP contribution in [0.2, 0.25) is 0 Å². The first-order valence-corrected chi connectivity index (χ1v) is 10.4. The average molecular weight is 427 g/mol. The lowest BCUT2D eigenvalue weighted by molar-refractivity contribution is 0.102. The van der Waals surface area contributed by atoms with Crippen molar-refractivity contribution in [3.8, 4) is 16.3 Å². The maximum atomic E-state index is 12.6. The quantitative estimate of drug-likeness (QED) is 0.429. The van der Waals surface area contributed by atoms with E-state index in [1.165, 1.54) is 17.4 Å². The van der Waals surface area contributed by atoms with Crippen LogP contribution in [0, 0.1) is 0 Å². The summed E-state index contributed by atoms with van der Waals surface area (Å²) >= 11 is 1.27. The lowest BCUT2D eigenvalue weighted by Gasteiger charge is -2.09. The molecule has 0 fully saturated rings. The van der Waals surface area contributed by atoms with Crippen molar-refractivity contribution in [3.63, 3.8) is 0 Å². The van der Waals surface area contributed by atoms with E-state index in [-0.39, 0.29) is 11.7 Å². The molecule has 2 aromatic carbocycles. The largest absolute Gasteiger partial charge is 0.508 e. The topological polar surface area (TPSA) is 92.9 Å². The second-order valence-corrected chi connectivity index (χ2v) is 7.93. The smallest absolute Gasteiger partial charge is 0.257 e. The zero-order valence-corrected chi connectivity index (χ0v) is 17.1. The average Bonchev–Trinajstić information content (AvgIpc) is 3.43. The van der Waals surface area contributed by atoms with Gasteiger partial charge < -0.3 is 9.67 Å². The van der Waals surface area contributed by atoms with Gasteiger partial charge in [-0.25, -0.2) is 0 Å². The molecule has 5 rings (SSSR count). The number of phenols is 1. The third-order valence-electron chi connectivity index (χ3n) is 4.94. The number of amides is 1. The Morgan fingerprint density at radius 2 is 1.87 bits per heavy atom. The predicted molar refractivity (Wildman–Crippen MR) is 120 cm³/mol. The summed E-state index contributed by atoms with van der Waals surface area (Å²) in [6.07, 6.45) is 5.34. The van der Waals surface area contributed by atoms with E-state index in [9.17, 15) is 9.90 Å². The van der Waals surface area contributed by atoms with Crippen molar-refractivity contribution in [2.75, 3.05) is 5.32 Å². The first-order valence-electron chi connectivity index (χ1n) is 9.58. The summed E-state index contributed by atoms with van der Waals surface area (Å²) in [4.78, 5) is 16.6. The van der Waals surface area contributed by atoms with E-state index in [4.69, 9.17) is 0 Å². The van der Waals surface area contributed by atoms with Gasteiger partial charge in [0.1, 0.15) is 10.8 Å². The highest BCUT2D eigenvalue weighted by atomic mass is 32.1. The Labute approximate surface area is 181 Å². The molecule has 3 aromatic heterocycles. The Kier molecular flexibility index (Phi) is 4.89. The number of aromatic hydroxyl groups is 1. The molecule has 31 heavy (non-hydrogen) atoms. The van der Waals surface area contributed by atoms with Crippen LogP contribution in [0.25, 0.3) is 21.5 Å². The third kappa shape index (κ3) is 3.88. The number of anilines is 1. The highest BCUT2D eigenvalue weighted by molar-refractivity contribution is 7.18. The van der Waals surface area contributed by atoms with E-state index in [1.807, 2.05) is 48.7 Å². The fraction of sp³-hybridized carbons (Fsp3) is 0.0435. The van der Waals surface area contributed by atoms with Crippen molar-refractivity contribution in [2.45, 2.75) is 6.54 Å². The molecule has 0 saturated carbocycles. The second kappa shape index (κ2) is 8.00. The number of carbonyl (C=O) groups is 1. The van der Waals surface area contributed by atoms with Crippen molar-refractivity contribution < 1.29 is 9.90 Å². The van der Waals surface area contributed by atoms with Crippen LogP contribution < -0.4 is 5.32 Å². The zero-order chi connectivity index (χ0) is 21.2. The van der Waals surface area contributed by atoms with Crippen molar-refractivity contribution in [3.05, 3.63) is 90.4 Å². The minimum atomic E-state index is -0.356. The molecule has 0 spiro atoms. The number of carbonyl (C=O) groups excluding carboxylic acids is 1. The fourth-order valence-electron chi connectivity index (χ4n) is 3.35. The number of rotatable bonds is 5. The molecule has 0 radical (unpaired) electrons. The minimum absolute atomic E-state index is 0.0696. The van der Waals surface area contributed by atoms with Gasteiger partial charge in [-0.05, 0) is 41.8 Å². The Morgan fingerprint density at radius 1 is 1.03 bits per heavy atom. The van der Waals surface area contributed by atoms with Gasteiger partial charge in [-0.2, -0.15) is 0 Å². The Balaban J connectivity index is 1.31. The number of phenolic OH excluding ortho intramolecular Hbond substituents is 1. The number of benzene rings is 2. The van der Waals surface area contributed by atoms with Crippen LogP contribution in [0.3, 0.4) is 0 Å². The number of nitrogens with zero attached hydrogens (tertiary/aromatic N) is 4. The van der Waals surface area contributed by atoms with Crippen LogP contribution >= 0.6 is 11.3 Å². The molecule has 0 aliphatic carbocycles. The van der Waals surface area contributed by atoms with E-state index in [2.05, 4.69) is 25.1 Å². The van der Waals surface area contributed by atoms with Crippen molar-refractivity contribution in [1.82, 2.24) is 19.7 Å². The summed E-state index contributed by atoms with van der Waals surface area (Å²) in [5.74, 6) is -0.286. The lowest BCUT2D eigenvalue weighted by Crippen LogP contribution is -2.12. The normalized spacial score (nSPS) is 11.0. The van der Waals surface area contributed by atoms with Crippen molar-refractivity contribution in [2.24, 2.45) is 0 Å². The summed E-state index contributed by atoms with van der Waals surface area (Å²) in [6, 6.07) is 18.7. The molecule has 0 aliphatic heterocycles. The molecule has 8 heteroatoms. The van der Waals surface area contributed by atoms with E-state index in [0.29, 0.717) is 22.2 Å². The van der Waals surface area contributed by atoms with Gasteiger partial charge >= 0.3 is 0 Å². The molecule has 0 saturated heterocycles. The summed E-state index contributed by atoms with van der Waals surface area (Å²) in [6.45, 7) is 0.507. The Bertz CT molecular complexity index is 1380. The van der Waals surface area contributed by atoms with Crippen LogP contribution in [-0.4, -0.2) is 30.8 Å². The molecule has 0 bridgehead atoms. The van der Waals surface area contributed by atoms with E-state index >= 15 is 0 Å². The number of aromatic nitrogens is 4. The standard InChI is InChI=1S/C23H17N5O2S/c29-20-13-17(5-6-18(20)14-28-12-9-15-3-1-2-4-19(15)28)21(30)25-23-27-26-22(31-23)16-7-10-24-11-8-16/h1-13,29H,14H2,(H,25,27,30). The minimum Gasteiger partial charge on any atom is -0.508 e. The van der Waals surface area contributed by atoms with E-state index in [0.717, 1.165) is 22.0 Å². The zero-order valence-electron chi connectivity index (χ0n) is 16.3. The van der Waals surface area contributed by atoms with Gasteiger partial charge in [0.25, 0.3) is 5.91 Å². The molecule has 7 nitrogen and oxygen atoms in total. The fourth-order valence-corrected chi connectivity index (χ4v) is 4.10. The summed E-state index contributed by atoms with van der Waals surface area (Å²) in [7, 11) is 0. The van der Waals surface area contributed by atoms with Gasteiger partial charge in [-0.3, -0.25) is 15.1 Å². The number of pyridine rings is 1. The van der Waals surface area contributed by atoms with Crippen LogP contribution in [0.1, 0.15) is 15.9 Å². The SMILES string of the molecule is O=C(Nc1nnc(-c2ccncc2)s1)c1ccc(Cn2ccc3ccccc32)c(O)c1. The van der Waals surface area contributed by atoms with Gasteiger partial charge in [-0.1, -0.05) is 35.6 Å². The van der Waals surface area contributed by atoms with Gasteiger partial charge in [-0.15, -0.1) is 10.2 Å². The van der Waals surface area contributed by atoms with Crippen LogP contribution in [0.5, 0.6) is 5.75 Å². The summed E-state index contributed by atoms with van der Waals surface area (Å²) in [5, 5.41) is 23.6. The van der Waals surface area contributed by atoms with Crippen molar-refractivity contribution in [1.29, 1.82) is 0 Å². The summed E-state index contributed by atoms with van der Waals surface area (Å²) in [5.41, 5.74) is 3.05. The molecule has 1 amide bonds. The first-order chi connectivity index (χ1) is 15.2. The second-order valence-electron chi connectivity index (χ2n) is 6.95. The van der Waals surface area contributed by atoms with Crippen LogP contribution in [-0.2, 0) is 6.54 Å². The van der Waals surface area contributed by atoms with Gasteiger partial charge in [0, 0.05) is 40.8 Å². The Morgan fingerprint density at radius 3 is 2.71 bits per heavy atom. The number of para-hydroxylation sites is 1. The molecule has 0 aliphatic rings. The molecule has 2 N–H and O–H groups in total. The number of fused-ring (bicyclic) bond motifs is 1. The maximum Gasteiger partial charge on any atom is 0.257 e.